The molecule has 498 valence electrons. The highest BCUT2D eigenvalue weighted by Gasteiger charge is 2.51. The SMILES string of the molecule is CCCCCCCCCCCCCCCCCCCCCCCCCC/C=C/C(O)C(COC1OC(CO)C(OC2OC(CO)C(O)C(O)C2O)C(O)C1O)NC(=O)CCCCCCCCCCCCCCCCCCCCCCCCCC. The normalized spacial score (nSPS) is 23.6. The Balaban J connectivity index is 1.67. The van der Waals surface area contributed by atoms with Gasteiger partial charge in [0, 0.05) is 6.42 Å². The molecule has 2 saturated heterocycles. The number of hydrogen-bond donors (Lipinski definition) is 9. The molecule has 2 aliphatic heterocycles. The van der Waals surface area contributed by atoms with Gasteiger partial charge in [0.25, 0.3) is 0 Å². The van der Waals surface area contributed by atoms with Gasteiger partial charge in [-0.15, -0.1) is 0 Å². The van der Waals surface area contributed by atoms with Crippen LogP contribution in [0.15, 0.2) is 12.2 Å². The summed E-state index contributed by atoms with van der Waals surface area (Å²) in [6, 6.07) is -0.911. The molecule has 0 aliphatic carbocycles. The van der Waals surface area contributed by atoms with Crippen LogP contribution in [0.25, 0.3) is 0 Å². The van der Waals surface area contributed by atoms with Crippen molar-refractivity contribution in [2.45, 2.75) is 408 Å². The van der Waals surface area contributed by atoms with E-state index in [-0.39, 0.29) is 18.9 Å². The third-order valence-electron chi connectivity index (χ3n) is 18.0. The number of nitrogens with one attached hydrogen (secondary N) is 1. The molecule has 0 radical (unpaired) electrons. The third kappa shape index (κ3) is 39.7. The van der Waals surface area contributed by atoms with Crippen LogP contribution < -0.4 is 5.32 Å². The van der Waals surface area contributed by atoms with Crippen LogP contribution >= 0.6 is 0 Å². The highest BCUT2D eigenvalue weighted by molar-refractivity contribution is 5.76. The summed E-state index contributed by atoms with van der Waals surface area (Å²) in [6.45, 7) is 2.87. The fourth-order valence-corrected chi connectivity index (χ4v) is 12.2. The van der Waals surface area contributed by atoms with E-state index in [1.54, 1.807) is 6.08 Å². The molecule has 14 heteroatoms. The fraction of sp³-hybridized carbons (Fsp3) is 0.957. The molecule has 9 N–H and O–H groups in total. The smallest absolute Gasteiger partial charge is 0.220 e. The summed E-state index contributed by atoms with van der Waals surface area (Å²) in [6.07, 6.45) is 51.2. The molecule has 0 aromatic carbocycles. The van der Waals surface area contributed by atoms with Crippen LogP contribution in [0.4, 0.5) is 0 Å². The summed E-state index contributed by atoms with van der Waals surface area (Å²) in [5.41, 5.74) is 0. The van der Waals surface area contributed by atoms with Crippen LogP contribution in [-0.4, -0.2) is 140 Å². The second-order valence-electron chi connectivity index (χ2n) is 25.7. The number of ether oxygens (including phenoxy) is 4. The molecule has 2 heterocycles. The maximum Gasteiger partial charge on any atom is 0.220 e. The Kier molecular flexibility index (Phi) is 52.3. The van der Waals surface area contributed by atoms with Gasteiger partial charge in [-0.2, -0.15) is 0 Å². The van der Waals surface area contributed by atoms with Crippen LogP contribution in [0.2, 0.25) is 0 Å². The summed E-state index contributed by atoms with van der Waals surface area (Å²) in [5.74, 6) is -0.230. The average molecular weight is 1200 g/mol. The zero-order chi connectivity index (χ0) is 60.9. The first-order valence-corrected chi connectivity index (χ1v) is 35.9. The minimum atomic E-state index is -1.79. The molecule has 0 aromatic heterocycles. The summed E-state index contributed by atoms with van der Waals surface area (Å²) < 4.78 is 22.9. The largest absolute Gasteiger partial charge is 0.394 e. The number of amides is 1. The van der Waals surface area contributed by atoms with Gasteiger partial charge in [-0.1, -0.05) is 321 Å². The number of carbonyl (C=O) groups is 1. The van der Waals surface area contributed by atoms with E-state index in [2.05, 4.69) is 19.2 Å². The number of aliphatic hydroxyl groups excluding tert-OH is 8. The van der Waals surface area contributed by atoms with Crippen molar-refractivity contribution in [2.24, 2.45) is 0 Å². The van der Waals surface area contributed by atoms with E-state index >= 15 is 0 Å². The minimum absolute atomic E-state index is 0.230. The molecule has 2 fully saturated rings. The topological polar surface area (TPSA) is 228 Å². The molecule has 12 atom stereocenters. The molecule has 2 rings (SSSR count). The lowest BCUT2D eigenvalue weighted by atomic mass is 9.97. The summed E-state index contributed by atoms with van der Waals surface area (Å²) >= 11 is 0. The van der Waals surface area contributed by atoms with Gasteiger partial charge in [0.2, 0.25) is 5.91 Å². The van der Waals surface area contributed by atoms with Crippen molar-refractivity contribution in [3.05, 3.63) is 12.2 Å². The van der Waals surface area contributed by atoms with Crippen LogP contribution in [0.1, 0.15) is 335 Å². The second kappa shape index (κ2) is 55.8. The highest BCUT2D eigenvalue weighted by Crippen LogP contribution is 2.30. The Morgan fingerprint density at radius 2 is 0.738 bits per heavy atom. The molecule has 0 aromatic rings. The third-order valence-corrected chi connectivity index (χ3v) is 18.0. The monoisotopic (exact) mass is 1200 g/mol. The molecular weight excluding hydrogens is 1060 g/mol. The number of allylic oxidation sites excluding steroid dienone is 1. The van der Waals surface area contributed by atoms with Crippen molar-refractivity contribution in [3.8, 4) is 0 Å². The summed E-state index contributed by atoms with van der Waals surface area (Å²) in [5, 5.41) is 87.5. The van der Waals surface area contributed by atoms with E-state index in [0.29, 0.717) is 0 Å². The Morgan fingerprint density at radius 3 is 1.10 bits per heavy atom. The molecule has 0 saturated carbocycles. The Labute approximate surface area is 514 Å². The van der Waals surface area contributed by atoms with Crippen LogP contribution in [0.5, 0.6) is 0 Å². The van der Waals surface area contributed by atoms with E-state index < -0.39 is 86.8 Å². The van der Waals surface area contributed by atoms with Gasteiger partial charge in [0.1, 0.15) is 48.8 Å². The van der Waals surface area contributed by atoms with Gasteiger partial charge in [-0.05, 0) is 19.3 Å². The standard InChI is InChI=1S/C70H135NO13/c1-3-5-7-9-11-13-15-17-19-21-23-25-27-29-30-31-33-35-37-39-41-43-45-47-49-51-53-59(74)58(57-81-69-67(80)65(78)68(61(56-73)83-69)84-70-66(79)64(77)63(76)60(55-72)82-70)71-62(75)54-52-50-48-46-44-42-40-38-36-34-32-28-26-24-22-20-18-16-14-12-10-8-6-4-2/h51,53,58-61,63-70,72-74,76-80H,3-50,52,54-57H2,1-2H3,(H,71,75)/b53-51+. The van der Waals surface area contributed by atoms with Gasteiger partial charge in [-0.3, -0.25) is 4.79 Å². The summed E-state index contributed by atoms with van der Waals surface area (Å²) in [7, 11) is 0. The zero-order valence-electron chi connectivity index (χ0n) is 54.2. The lowest BCUT2D eigenvalue weighted by Crippen LogP contribution is -2.65. The maximum absolute atomic E-state index is 13.3. The lowest BCUT2D eigenvalue weighted by molar-refractivity contribution is -0.359. The van der Waals surface area contributed by atoms with Crippen molar-refractivity contribution in [2.75, 3.05) is 19.8 Å². The van der Waals surface area contributed by atoms with Gasteiger partial charge in [0.05, 0.1) is 32.0 Å². The Hall–Kier alpha value is -1.27. The van der Waals surface area contributed by atoms with E-state index in [4.69, 9.17) is 18.9 Å². The Morgan fingerprint density at radius 1 is 0.417 bits per heavy atom. The molecular formula is C70H135NO13. The molecule has 12 unspecified atom stereocenters. The average Bonchev–Trinajstić information content (AvgIpc) is 3.36. The molecule has 2 aliphatic rings. The van der Waals surface area contributed by atoms with Gasteiger partial charge < -0.3 is 65.1 Å². The number of carbonyl (C=O) groups excluding carboxylic acids is 1. The predicted octanol–water partition coefficient (Wildman–Crippen LogP) is 14.6. The van der Waals surface area contributed by atoms with E-state index in [9.17, 15) is 45.6 Å². The van der Waals surface area contributed by atoms with Crippen LogP contribution in [-0.2, 0) is 23.7 Å². The van der Waals surface area contributed by atoms with E-state index in [1.807, 2.05) is 6.08 Å². The number of aliphatic hydroxyl groups is 8. The molecule has 14 nitrogen and oxygen atoms in total. The van der Waals surface area contributed by atoms with Gasteiger partial charge in [-0.25, -0.2) is 0 Å². The van der Waals surface area contributed by atoms with Crippen molar-refractivity contribution < 1.29 is 64.6 Å². The van der Waals surface area contributed by atoms with Crippen LogP contribution in [0, 0.1) is 0 Å². The van der Waals surface area contributed by atoms with Crippen molar-refractivity contribution in [3.63, 3.8) is 0 Å². The zero-order valence-corrected chi connectivity index (χ0v) is 54.2. The van der Waals surface area contributed by atoms with Crippen molar-refractivity contribution in [1.82, 2.24) is 5.32 Å². The second-order valence-corrected chi connectivity index (χ2v) is 25.7. The molecule has 1 amide bonds. The van der Waals surface area contributed by atoms with Gasteiger partial charge in [0.15, 0.2) is 12.6 Å². The first-order valence-electron chi connectivity index (χ1n) is 35.9. The van der Waals surface area contributed by atoms with E-state index in [1.165, 1.54) is 270 Å². The lowest BCUT2D eigenvalue weighted by Gasteiger charge is -2.46. The number of unbranched alkanes of at least 4 members (excludes halogenated alkanes) is 47. The number of hydrogen-bond acceptors (Lipinski definition) is 13. The van der Waals surface area contributed by atoms with Gasteiger partial charge >= 0.3 is 0 Å². The molecule has 0 spiro atoms. The Bertz CT molecular complexity index is 1460. The van der Waals surface area contributed by atoms with E-state index in [0.717, 1.165) is 44.9 Å². The number of rotatable bonds is 60. The van der Waals surface area contributed by atoms with Crippen molar-refractivity contribution in [1.29, 1.82) is 0 Å². The maximum atomic E-state index is 13.3. The first kappa shape index (κ1) is 78.8. The molecule has 0 bridgehead atoms. The minimum Gasteiger partial charge on any atom is -0.394 e. The summed E-state index contributed by atoms with van der Waals surface area (Å²) in [4.78, 5) is 13.3. The van der Waals surface area contributed by atoms with Crippen LogP contribution in [0.3, 0.4) is 0 Å². The fourth-order valence-electron chi connectivity index (χ4n) is 12.2. The first-order chi connectivity index (χ1) is 41.1. The predicted molar refractivity (Wildman–Crippen MR) is 342 cm³/mol. The quantitative estimate of drug-likeness (QED) is 0.0204. The highest BCUT2D eigenvalue weighted by atomic mass is 16.7. The van der Waals surface area contributed by atoms with Crippen molar-refractivity contribution >= 4 is 5.91 Å². The molecule has 84 heavy (non-hydrogen) atoms.